The lowest BCUT2D eigenvalue weighted by Gasteiger charge is -2.28. The smallest absolute Gasteiger partial charge is 0.135 e. The van der Waals surface area contributed by atoms with Gasteiger partial charge in [0, 0.05) is 33.2 Å². The Balaban J connectivity index is 1.08. The number of furan rings is 1. The molecule has 0 fully saturated rings. The van der Waals surface area contributed by atoms with Crippen LogP contribution in [0.2, 0.25) is 0 Å². The van der Waals surface area contributed by atoms with Crippen LogP contribution in [-0.2, 0) is 5.41 Å². The van der Waals surface area contributed by atoms with Gasteiger partial charge in [0.25, 0.3) is 0 Å². The fraction of sp³-hybridized carbons (Fsp3) is 0.0612. The molecule has 0 saturated heterocycles. The molecule has 2 heteroatoms. The average Bonchev–Trinajstić information content (AvgIpc) is 3.67. The maximum Gasteiger partial charge on any atom is 0.135 e. The van der Waals surface area contributed by atoms with Crippen molar-refractivity contribution < 1.29 is 4.42 Å². The fourth-order valence-electron chi connectivity index (χ4n) is 8.25. The Morgan fingerprint density at radius 2 is 0.980 bits per heavy atom. The number of benzene rings is 8. The molecule has 2 nitrogen and oxygen atoms in total. The summed E-state index contributed by atoms with van der Waals surface area (Å²) in [6.45, 7) is 4.69. The van der Waals surface area contributed by atoms with E-state index in [2.05, 4.69) is 183 Å². The monoisotopic (exact) mass is 653 g/mol. The van der Waals surface area contributed by atoms with Crippen molar-refractivity contribution in [2.24, 2.45) is 0 Å². The normalized spacial score (nSPS) is 13.1. The van der Waals surface area contributed by atoms with Crippen LogP contribution in [-0.4, -0.2) is 0 Å². The van der Waals surface area contributed by atoms with Gasteiger partial charge < -0.3 is 9.32 Å². The Morgan fingerprint density at radius 3 is 1.80 bits per heavy atom. The van der Waals surface area contributed by atoms with Crippen molar-refractivity contribution in [3.05, 3.63) is 187 Å². The molecular weight excluding hydrogens is 619 g/mol. The molecule has 0 aliphatic heterocycles. The molecule has 1 heterocycles. The van der Waals surface area contributed by atoms with E-state index in [1.165, 1.54) is 55.3 Å². The van der Waals surface area contributed by atoms with E-state index in [4.69, 9.17) is 4.42 Å². The van der Waals surface area contributed by atoms with Crippen LogP contribution >= 0.6 is 0 Å². The number of anilines is 3. The summed E-state index contributed by atoms with van der Waals surface area (Å²) in [5, 5.41) is 4.80. The summed E-state index contributed by atoms with van der Waals surface area (Å²) >= 11 is 0. The van der Waals surface area contributed by atoms with Gasteiger partial charge in [-0.1, -0.05) is 135 Å². The third-order valence-electron chi connectivity index (χ3n) is 10.9. The largest absolute Gasteiger partial charge is 0.456 e. The fourth-order valence-corrected chi connectivity index (χ4v) is 8.25. The van der Waals surface area contributed by atoms with E-state index in [9.17, 15) is 0 Å². The minimum atomic E-state index is -0.0917. The average molecular weight is 654 g/mol. The highest BCUT2D eigenvalue weighted by Crippen LogP contribution is 2.50. The molecule has 0 saturated carbocycles. The molecule has 0 amide bonds. The zero-order valence-electron chi connectivity index (χ0n) is 28.6. The molecular formula is C49H35NO. The maximum atomic E-state index is 6.11. The third-order valence-corrected chi connectivity index (χ3v) is 10.9. The molecule has 1 aliphatic rings. The van der Waals surface area contributed by atoms with Gasteiger partial charge in [0.05, 0.1) is 0 Å². The molecule has 0 atom stereocenters. The predicted octanol–water partition coefficient (Wildman–Crippen LogP) is 13.8. The van der Waals surface area contributed by atoms with Crippen LogP contribution < -0.4 is 4.90 Å². The lowest BCUT2D eigenvalue weighted by molar-refractivity contribution is 0.660. The number of para-hydroxylation sites is 1. The molecule has 242 valence electrons. The Morgan fingerprint density at radius 1 is 0.392 bits per heavy atom. The van der Waals surface area contributed by atoms with E-state index in [1.54, 1.807) is 0 Å². The molecule has 0 radical (unpaired) electrons. The first-order valence-corrected chi connectivity index (χ1v) is 17.7. The van der Waals surface area contributed by atoms with E-state index < -0.39 is 0 Å². The molecule has 0 bridgehead atoms. The number of rotatable bonds is 5. The summed E-state index contributed by atoms with van der Waals surface area (Å²) in [4.78, 5) is 2.39. The highest BCUT2D eigenvalue weighted by Gasteiger charge is 2.35. The molecule has 10 rings (SSSR count). The number of nitrogens with zero attached hydrogens (tertiary/aromatic N) is 1. The molecule has 0 unspecified atom stereocenters. The van der Waals surface area contributed by atoms with E-state index in [1.807, 2.05) is 12.1 Å². The van der Waals surface area contributed by atoms with Crippen LogP contribution in [0.4, 0.5) is 17.1 Å². The lowest BCUT2D eigenvalue weighted by Crippen LogP contribution is -2.16. The summed E-state index contributed by atoms with van der Waals surface area (Å²) < 4.78 is 6.11. The van der Waals surface area contributed by atoms with Crippen LogP contribution in [0.5, 0.6) is 0 Å². The third kappa shape index (κ3) is 4.71. The van der Waals surface area contributed by atoms with E-state index in [-0.39, 0.29) is 5.41 Å². The Kier molecular flexibility index (Phi) is 6.56. The Hall–Kier alpha value is -6.38. The molecule has 1 aromatic heterocycles. The SMILES string of the molecule is CC1(C)c2ccccc2-c2ccc(N(c3ccc(-c4ccc5oc6ccccc6c5c4)cc3)c3ccc(-c4cccc5ccccc45)cc3)cc21. The Bertz CT molecular complexity index is 2760. The van der Waals surface area contributed by atoms with Crippen molar-refractivity contribution in [3.8, 4) is 33.4 Å². The van der Waals surface area contributed by atoms with Gasteiger partial charge in [0.15, 0.2) is 0 Å². The van der Waals surface area contributed by atoms with Gasteiger partial charge in [0.1, 0.15) is 11.2 Å². The van der Waals surface area contributed by atoms with Gasteiger partial charge in [-0.2, -0.15) is 0 Å². The zero-order valence-corrected chi connectivity index (χ0v) is 28.6. The first-order chi connectivity index (χ1) is 25.0. The van der Waals surface area contributed by atoms with Crippen molar-refractivity contribution in [1.82, 2.24) is 0 Å². The van der Waals surface area contributed by atoms with Crippen LogP contribution in [0.1, 0.15) is 25.0 Å². The number of hydrogen-bond donors (Lipinski definition) is 0. The topological polar surface area (TPSA) is 16.4 Å². The van der Waals surface area contributed by atoms with Crippen LogP contribution in [0.3, 0.4) is 0 Å². The molecule has 1 aliphatic carbocycles. The second kappa shape index (κ2) is 11.3. The summed E-state index contributed by atoms with van der Waals surface area (Å²) in [7, 11) is 0. The van der Waals surface area contributed by atoms with Gasteiger partial charge in [-0.15, -0.1) is 0 Å². The van der Waals surface area contributed by atoms with Gasteiger partial charge in [-0.25, -0.2) is 0 Å². The van der Waals surface area contributed by atoms with Crippen molar-refractivity contribution in [2.45, 2.75) is 19.3 Å². The molecule has 0 N–H and O–H groups in total. The van der Waals surface area contributed by atoms with Crippen molar-refractivity contribution in [1.29, 1.82) is 0 Å². The van der Waals surface area contributed by atoms with Gasteiger partial charge in [-0.05, 0) is 110 Å². The quantitative estimate of drug-likeness (QED) is 0.184. The molecule has 8 aromatic carbocycles. The number of fused-ring (bicyclic) bond motifs is 7. The standard InChI is InChI=1S/C49H35NO/c1-49(2)45-16-7-5-13-41(45)42-28-27-38(31-46(42)49)50(37-25-20-34(21-26-37)40-15-9-11-33-10-3-4-12-39(33)40)36-23-18-32(19-24-36)35-22-29-48-44(30-35)43-14-6-8-17-47(43)51-48/h3-31H,1-2H3. The van der Waals surface area contributed by atoms with Gasteiger partial charge in [-0.3, -0.25) is 0 Å². The second-order valence-corrected chi connectivity index (χ2v) is 14.2. The first kappa shape index (κ1) is 29.5. The summed E-state index contributed by atoms with van der Waals surface area (Å²) in [6.07, 6.45) is 0. The lowest BCUT2D eigenvalue weighted by atomic mass is 9.82. The van der Waals surface area contributed by atoms with Gasteiger partial charge in [0.2, 0.25) is 0 Å². The second-order valence-electron chi connectivity index (χ2n) is 14.2. The van der Waals surface area contributed by atoms with Crippen molar-refractivity contribution in [2.75, 3.05) is 4.90 Å². The predicted molar refractivity (Wildman–Crippen MR) is 214 cm³/mol. The van der Waals surface area contributed by atoms with Crippen molar-refractivity contribution in [3.63, 3.8) is 0 Å². The molecule has 0 spiro atoms. The van der Waals surface area contributed by atoms with Crippen LogP contribution in [0.25, 0.3) is 66.1 Å². The Labute approximate surface area is 297 Å². The summed E-state index contributed by atoms with van der Waals surface area (Å²) in [5.41, 5.74) is 15.3. The van der Waals surface area contributed by atoms with E-state index in [0.29, 0.717) is 0 Å². The molecule has 51 heavy (non-hydrogen) atoms. The van der Waals surface area contributed by atoms with E-state index in [0.717, 1.165) is 39.0 Å². The molecule has 9 aromatic rings. The van der Waals surface area contributed by atoms with Crippen LogP contribution in [0.15, 0.2) is 180 Å². The zero-order chi connectivity index (χ0) is 34.1. The van der Waals surface area contributed by atoms with Crippen LogP contribution in [0, 0.1) is 0 Å². The minimum absolute atomic E-state index is 0.0917. The maximum absolute atomic E-state index is 6.11. The highest BCUT2D eigenvalue weighted by atomic mass is 16.3. The summed E-state index contributed by atoms with van der Waals surface area (Å²) in [6, 6.07) is 63.8. The first-order valence-electron chi connectivity index (χ1n) is 17.7. The summed E-state index contributed by atoms with van der Waals surface area (Å²) in [5.74, 6) is 0. The minimum Gasteiger partial charge on any atom is -0.456 e. The van der Waals surface area contributed by atoms with Gasteiger partial charge >= 0.3 is 0 Å². The highest BCUT2D eigenvalue weighted by molar-refractivity contribution is 6.06. The van der Waals surface area contributed by atoms with Crippen molar-refractivity contribution >= 4 is 49.8 Å². The number of hydrogen-bond acceptors (Lipinski definition) is 2. The van der Waals surface area contributed by atoms with E-state index >= 15 is 0 Å².